The molecule has 0 fully saturated rings. The molecule has 0 radical (unpaired) electrons. The molecular weight excluding hydrogens is 272 g/mol. The van der Waals surface area contributed by atoms with Crippen molar-refractivity contribution in [2.24, 2.45) is 5.73 Å². The minimum absolute atomic E-state index is 0.163. The number of amides is 1. The van der Waals surface area contributed by atoms with Gasteiger partial charge in [-0.05, 0) is 52.9 Å². The van der Waals surface area contributed by atoms with E-state index >= 15 is 0 Å². The van der Waals surface area contributed by atoms with Crippen LogP contribution in [0.5, 0.6) is 5.75 Å². The first-order chi connectivity index (χ1) is 9.56. The summed E-state index contributed by atoms with van der Waals surface area (Å²) in [5.74, 6) is 0.0448. The van der Waals surface area contributed by atoms with Crippen LogP contribution in [-0.4, -0.2) is 17.1 Å². The van der Waals surface area contributed by atoms with Crippen molar-refractivity contribution in [1.82, 2.24) is 5.32 Å². The van der Waals surface area contributed by atoms with Crippen molar-refractivity contribution in [2.45, 2.75) is 25.9 Å². The molecule has 5 heteroatoms. The number of hydrogen-bond acceptors (Lipinski definition) is 4. The Morgan fingerprint density at radius 3 is 2.65 bits per heavy atom. The van der Waals surface area contributed by atoms with E-state index in [1.165, 1.54) is 5.56 Å². The number of phenols is 1. The van der Waals surface area contributed by atoms with E-state index in [0.717, 1.165) is 11.1 Å². The summed E-state index contributed by atoms with van der Waals surface area (Å²) in [4.78, 5) is 11.9. The Bertz CT molecular complexity index is 578. The third kappa shape index (κ3) is 3.82. The maximum Gasteiger partial charge on any atom is 0.237 e. The van der Waals surface area contributed by atoms with Gasteiger partial charge in [-0.15, -0.1) is 0 Å². The number of carbonyl (C=O) groups excluding carboxylic acids is 1. The van der Waals surface area contributed by atoms with Crippen LogP contribution in [0.15, 0.2) is 35.0 Å². The molecule has 2 aromatic rings. The molecule has 1 aromatic heterocycles. The molecule has 0 saturated heterocycles. The van der Waals surface area contributed by atoms with E-state index < -0.39 is 6.04 Å². The first-order valence-corrected chi connectivity index (χ1v) is 7.33. The lowest BCUT2D eigenvalue weighted by Crippen LogP contribution is -2.41. The summed E-state index contributed by atoms with van der Waals surface area (Å²) in [5, 5.41) is 16.1. The highest BCUT2D eigenvalue weighted by atomic mass is 32.1. The van der Waals surface area contributed by atoms with Gasteiger partial charge in [0.05, 0.1) is 6.04 Å². The molecule has 20 heavy (non-hydrogen) atoms. The van der Waals surface area contributed by atoms with Gasteiger partial charge in [0.25, 0.3) is 0 Å². The Balaban J connectivity index is 1.86. The Kier molecular flexibility index (Phi) is 4.76. The van der Waals surface area contributed by atoms with Crippen LogP contribution in [0.3, 0.4) is 0 Å². The monoisotopic (exact) mass is 290 g/mol. The molecular formula is C15H18N2O2S. The van der Waals surface area contributed by atoms with Gasteiger partial charge in [-0.25, -0.2) is 0 Å². The standard InChI is InChI=1S/C15H18N2O2S/c1-10-8-20-9-12(10)7-17-15(19)14(16)6-11-2-4-13(18)5-3-11/h2-5,8-9,14,18H,6-7,16H2,1H3,(H,17,19)/t14-/m0/s1. The molecule has 0 aliphatic carbocycles. The molecule has 4 N–H and O–H groups in total. The molecule has 1 atom stereocenters. The molecule has 0 aliphatic rings. The van der Waals surface area contributed by atoms with Gasteiger partial charge in [0.1, 0.15) is 5.75 Å². The largest absolute Gasteiger partial charge is 0.508 e. The fraction of sp³-hybridized carbons (Fsp3) is 0.267. The highest BCUT2D eigenvalue weighted by Gasteiger charge is 2.14. The molecule has 0 spiro atoms. The van der Waals surface area contributed by atoms with Gasteiger partial charge in [-0.2, -0.15) is 11.3 Å². The van der Waals surface area contributed by atoms with E-state index in [2.05, 4.69) is 10.7 Å². The molecule has 2 rings (SSSR count). The summed E-state index contributed by atoms with van der Waals surface area (Å²) >= 11 is 1.62. The highest BCUT2D eigenvalue weighted by molar-refractivity contribution is 7.08. The van der Waals surface area contributed by atoms with E-state index in [0.29, 0.717) is 13.0 Å². The van der Waals surface area contributed by atoms with Crippen LogP contribution in [0.1, 0.15) is 16.7 Å². The van der Waals surface area contributed by atoms with Crippen LogP contribution in [0.4, 0.5) is 0 Å². The van der Waals surface area contributed by atoms with Crippen LogP contribution in [-0.2, 0) is 17.8 Å². The molecule has 106 valence electrons. The number of thiophene rings is 1. The second kappa shape index (κ2) is 6.54. The van der Waals surface area contributed by atoms with Crippen molar-refractivity contribution < 1.29 is 9.90 Å². The molecule has 1 amide bonds. The summed E-state index contributed by atoms with van der Waals surface area (Å²) in [6, 6.07) is 6.14. The Labute approximate surface area is 122 Å². The third-order valence-corrected chi connectivity index (χ3v) is 4.05. The Hall–Kier alpha value is -1.85. The average molecular weight is 290 g/mol. The van der Waals surface area contributed by atoms with Gasteiger partial charge >= 0.3 is 0 Å². The fourth-order valence-corrected chi connectivity index (χ4v) is 2.72. The van der Waals surface area contributed by atoms with E-state index in [4.69, 9.17) is 5.73 Å². The zero-order valence-corrected chi connectivity index (χ0v) is 12.1. The van der Waals surface area contributed by atoms with Crippen molar-refractivity contribution >= 4 is 17.2 Å². The van der Waals surface area contributed by atoms with Crippen LogP contribution < -0.4 is 11.1 Å². The van der Waals surface area contributed by atoms with E-state index in [1.807, 2.05) is 12.3 Å². The summed E-state index contributed by atoms with van der Waals surface area (Å²) in [6.07, 6.45) is 0.453. The normalized spacial score (nSPS) is 12.1. The minimum Gasteiger partial charge on any atom is -0.508 e. The number of aromatic hydroxyl groups is 1. The number of phenolic OH excluding ortho intramolecular Hbond substituents is 1. The maximum absolute atomic E-state index is 11.9. The van der Waals surface area contributed by atoms with E-state index in [1.54, 1.807) is 35.6 Å². The number of aryl methyl sites for hydroxylation is 1. The number of nitrogens with two attached hydrogens (primary N) is 1. The lowest BCUT2D eigenvalue weighted by Gasteiger charge is -2.12. The SMILES string of the molecule is Cc1cscc1CNC(=O)[C@@H](N)Cc1ccc(O)cc1. The van der Waals surface area contributed by atoms with E-state index in [9.17, 15) is 9.90 Å². The van der Waals surface area contributed by atoms with Crippen molar-refractivity contribution in [3.05, 3.63) is 51.7 Å². The van der Waals surface area contributed by atoms with Gasteiger partial charge in [0, 0.05) is 6.54 Å². The number of carbonyl (C=O) groups is 1. The maximum atomic E-state index is 11.9. The first-order valence-electron chi connectivity index (χ1n) is 6.39. The molecule has 0 unspecified atom stereocenters. The summed E-state index contributed by atoms with van der Waals surface area (Å²) < 4.78 is 0. The van der Waals surface area contributed by atoms with Gasteiger partial charge in [-0.3, -0.25) is 4.79 Å². The quantitative estimate of drug-likeness (QED) is 0.788. The van der Waals surface area contributed by atoms with Crippen LogP contribution in [0.25, 0.3) is 0 Å². The predicted molar refractivity (Wildman–Crippen MR) is 80.7 cm³/mol. The Morgan fingerprint density at radius 2 is 2.05 bits per heavy atom. The molecule has 0 saturated carbocycles. The Morgan fingerprint density at radius 1 is 1.35 bits per heavy atom. The van der Waals surface area contributed by atoms with Crippen molar-refractivity contribution in [3.8, 4) is 5.75 Å². The summed E-state index contributed by atoms with van der Waals surface area (Å²) in [7, 11) is 0. The van der Waals surface area contributed by atoms with Crippen LogP contribution in [0, 0.1) is 6.92 Å². The molecule has 0 bridgehead atoms. The van der Waals surface area contributed by atoms with Gasteiger partial charge in [0.15, 0.2) is 0 Å². The average Bonchev–Trinajstić information content (AvgIpc) is 2.84. The second-order valence-electron chi connectivity index (χ2n) is 4.77. The van der Waals surface area contributed by atoms with Crippen LogP contribution in [0.2, 0.25) is 0 Å². The lowest BCUT2D eigenvalue weighted by molar-refractivity contribution is -0.122. The molecule has 0 aliphatic heterocycles. The highest BCUT2D eigenvalue weighted by Crippen LogP contribution is 2.13. The first kappa shape index (κ1) is 14.6. The lowest BCUT2D eigenvalue weighted by atomic mass is 10.1. The smallest absolute Gasteiger partial charge is 0.237 e. The minimum atomic E-state index is -0.585. The van der Waals surface area contributed by atoms with Gasteiger partial charge in [0.2, 0.25) is 5.91 Å². The van der Waals surface area contributed by atoms with Crippen molar-refractivity contribution in [1.29, 1.82) is 0 Å². The number of nitrogens with one attached hydrogen (secondary N) is 1. The molecule has 4 nitrogen and oxygen atoms in total. The number of rotatable bonds is 5. The molecule has 1 heterocycles. The predicted octanol–water partition coefficient (Wildman–Crippen LogP) is 1.95. The third-order valence-electron chi connectivity index (χ3n) is 3.14. The summed E-state index contributed by atoms with van der Waals surface area (Å²) in [5.41, 5.74) is 9.13. The number of hydrogen-bond donors (Lipinski definition) is 3. The fourth-order valence-electron chi connectivity index (χ4n) is 1.86. The second-order valence-corrected chi connectivity index (χ2v) is 5.52. The zero-order valence-electron chi connectivity index (χ0n) is 11.3. The van der Waals surface area contributed by atoms with Gasteiger partial charge < -0.3 is 16.2 Å². The zero-order chi connectivity index (χ0) is 14.5. The topological polar surface area (TPSA) is 75.4 Å². The summed E-state index contributed by atoms with van der Waals surface area (Å²) in [6.45, 7) is 2.53. The number of benzene rings is 1. The van der Waals surface area contributed by atoms with E-state index in [-0.39, 0.29) is 11.7 Å². The van der Waals surface area contributed by atoms with Crippen molar-refractivity contribution in [3.63, 3.8) is 0 Å². The van der Waals surface area contributed by atoms with Gasteiger partial charge in [-0.1, -0.05) is 12.1 Å². The van der Waals surface area contributed by atoms with Crippen molar-refractivity contribution in [2.75, 3.05) is 0 Å². The van der Waals surface area contributed by atoms with Crippen LogP contribution >= 0.6 is 11.3 Å². The molecule has 1 aromatic carbocycles.